The molecule has 0 fully saturated rings. The molecule has 11 aromatic rings. The fourth-order valence-electron chi connectivity index (χ4n) is 7.68. The molecule has 0 aliphatic heterocycles. The second kappa shape index (κ2) is 7.91. The van der Waals surface area contributed by atoms with Crippen LogP contribution in [0.5, 0.6) is 0 Å². The van der Waals surface area contributed by atoms with Gasteiger partial charge in [-0.3, -0.25) is 8.80 Å². The third-order valence-electron chi connectivity index (χ3n) is 9.73. The maximum Gasteiger partial charge on any atom is 0.220 e. The molecule has 0 aliphatic carbocycles. The first-order valence-electron chi connectivity index (χ1n) is 15.1. The first kappa shape index (κ1) is 22.6. The van der Waals surface area contributed by atoms with Crippen molar-refractivity contribution >= 4 is 87.2 Å². The van der Waals surface area contributed by atoms with Crippen LogP contribution in [0.2, 0.25) is 0 Å². The number of fused-ring (bicyclic) bond motifs is 13. The zero-order valence-corrected chi connectivity index (χ0v) is 23.6. The number of rotatable bonds is 1. The van der Waals surface area contributed by atoms with Crippen molar-refractivity contribution in [3.8, 4) is 11.1 Å². The smallest absolute Gasteiger partial charge is 0.220 e. The average molecular weight is 558 g/mol. The molecule has 202 valence electrons. The molecule has 0 radical (unpaired) electrons. The number of aromatic nitrogens is 3. The molecule has 0 saturated heterocycles. The van der Waals surface area contributed by atoms with Gasteiger partial charge < -0.3 is 0 Å². The Balaban J connectivity index is 1.30. The largest absolute Gasteiger partial charge is 0.277 e. The molecule has 0 amide bonds. The van der Waals surface area contributed by atoms with E-state index in [1.165, 1.54) is 81.5 Å². The van der Waals surface area contributed by atoms with Crippen LogP contribution < -0.4 is 0 Å². The summed E-state index contributed by atoms with van der Waals surface area (Å²) in [6.45, 7) is 0. The van der Waals surface area contributed by atoms with Crippen LogP contribution in [0.15, 0.2) is 140 Å². The van der Waals surface area contributed by atoms with Gasteiger partial charge >= 0.3 is 0 Å². The van der Waals surface area contributed by atoms with Gasteiger partial charge in [0.05, 0.1) is 27.6 Å². The Kier molecular flexibility index (Phi) is 4.07. The Morgan fingerprint density at radius 1 is 0.364 bits per heavy atom. The quantitative estimate of drug-likeness (QED) is 0.184. The summed E-state index contributed by atoms with van der Waals surface area (Å²) in [5.41, 5.74) is 8.19. The van der Waals surface area contributed by atoms with E-state index >= 15 is 0 Å². The molecule has 0 bridgehead atoms. The maximum absolute atomic E-state index is 5.28. The van der Waals surface area contributed by atoms with Crippen molar-refractivity contribution in [1.82, 2.24) is 13.8 Å². The molecule has 0 saturated carbocycles. The molecule has 11 rings (SSSR count). The molecule has 0 N–H and O–H groups in total. The molecule has 3 nitrogen and oxygen atoms in total. The molecule has 8 aromatic carbocycles. The molecule has 0 spiro atoms. The normalized spacial score (nSPS) is 12.5. The van der Waals surface area contributed by atoms with Crippen molar-refractivity contribution < 1.29 is 0 Å². The molecular formula is C41H23N3. The first-order valence-corrected chi connectivity index (χ1v) is 15.1. The topological polar surface area (TPSA) is 21.7 Å². The van der Waals surface area contributed by atoms with E-state index < -0.39 is 0 Å². The summed E-state index contributed by atoms with van der Waals surface area (Å²) in [4.78, 5) is 5.28. The van der Waals surface area contributed by atoms with Gasteiger partial charge in [-0.15, -0.1) is 0 Å². The Bertz CT molecular complexity index is 2990. The van der Waals surface area contributed by atoms with Crippen LogP contribution in [-0.2, 0) is 0 Å². The Hall–Kier alpha value is -5.93. The molecule has 3 heteroatoms. The summed E-state index contributed by atoms with van der Waals surface area (Å²) >= 11 is 0. The van der Waals surface area contributed by atoms with E-state index in [1.54, 1.807) is 0 Å². The van der Waals surface area contributed by atoms with Gasteiger partial charge in [0.1, 0.15) is 0 Å². The second-order valence-corrected chi connectivity index (χ2v) is 12.1. The summed E-state index contributed by atoms with van der Waals surface area (Å²) in [5.74, 6) is 0.961. The monoisotopic (exact) mass is 557 g/mol. The van der Waals surface area contributed by atoms with E-state index in [9.17, 15) is 0 Å². The van der Waals surface area contributed by atoms with Gasteiger partial charge in [-0.25, -0.2) is 4.98 Å². The lowest BCUT2D eigenvalue weighted by Gasteiger charge is -2.09. The summed E-state index contributed by atoms with van der Waals surface area (Å²) in [7, 11) is 0. The van der Waals surface area contributed by atoms with Crippen molar-refractivity contribution in [2.24, 2.45) is 0 Å². The third kappa shape index (κ3) is 2.84. The highest BCUT2D eigenvalue weighted by Crippen LogP contribution is 2.42. The molecule has 3 aromatic heterocycles. The molecule has 44 heavy (non-hydrogen) atoms. The van der Waals surface area contributed by atoms with Gasteiger partial charge in [0.2, 0.25) is 5.78 Å². The third-order valence-corrected chi connectivity index (χ3v) is 9.73. The average Bonchev–Trinajstić information content (AvgIpc) is 3.70. The van der Waals surface area contributed by atoms with Crippen molar-refractivity contribution in [3.05, 3.63) is 140 Å². The minimum absolute atomic E-state index is 0.961. The van der Waals surface area contributed by atoms with Gasteiger partial charge in [0.25, 0.3) is 0 Å². The van der Waals surface area contributed by atoms with E-state index in [-0.39, 0.29) is 0 Å². The predicted octanol–water partition coefficient (Wildman–Crippen LogP) is 10.8. The second-order valence-electron chi connectivity index (χ2n) is 12.1. The standard InChI is InChI=1S/C41H23N3/c1-3-10-27-21-37-34(18-25(27)8-1)35-19-31(29-15-16-33-30(17-29)14-13-24-7-5-6-12-32(24)33)23-39-40(35)44(37)41-42-36-20-26-9-2-4-11-28(26)22-38(36)43(39)41/h1-23H. The van der Waals surface area contributed by atoms with E-state index in [4.69, 9.17) is 4.98 Å². The predicted molar refractivity (Wildman–Crippen MR) is 185 cm³/mol. The fourth-order valence-corrected chi connectivity index (χ4v) is 7.68. The van der Waals surface area contributed by atoms with Crippen LogP contribution in [-0.4, -0.2) is 13.8 Å². The van der Waals surface area contributed by atoms with E-state index in [0.29, 0.717) is 0 Å². The molecular weight excluding hydrogens is 534 g/mol. The highest BCUT2D eigenvalue weighted by Gasteiger charge is 2.22. The van der Waals surface area contributed by atoms with Crippen molar-refractivity contribution in [2.45, 2.75) is 0 Å². The number of imidazole rings is 2. The minimum atomic E-state index is 0.961. The van der Waals surface area contributed by atoms with Gasteiger partial charge in [0.15, 0.2) is 0 Å². The Morgan fingerprint density at radius 2 is 1.02 bits per heavy atom. The van der Waals surface area contributed by atoms with Gasteiger partial charge in [-0.2, -0.15) is 0 Å². The van der Waals surface area contributed by atoms with E-state index in [2.05, 4.69) is 148 Å². The Morgan fingerprint density at radius 3 is 1.84 bits per heavy atom. The summed E-state index contributed by atoms with van der Waals surface area (Å²) in [6, 6.07) is 51.2. The molecule has 0 aliphatic rings. The highest BCUT2D eigenvalue weighted by atomic mass is 15.2. The number of hydrogen-bond acceptors (Lipinski definition) is 1. The lowest BCUT2D eigenvalue weighted by atomic mass is 9.96. The zero-order valence-electron chi connectivity index (χ0n) is 23.6. The van der Waals surface area contributed by atoms with E-state index in [0.717, 1.165) is 16.8 Å². The van der Waals surface area contributed by atoms with Crippen LogP contribution in [0.3, 0.4) is 0 Å². The minimum Gasteiger partial charge on any atom is -0.277 e. The number of nitrogens with zero attached hydrogens (tertiary/aromatic N) is 3. The Labute approximate surface area is 251 Å². The number of hydrogen-bond donors (Lipinski definition) is 0. The molecule has 0 atom stereocenters. The number of benzene rings is 8. The van der Waals surface area contributed by atoms with Crippen molar-refractivity contribution in [1.29, 1.82) is 0 Å². The van der Waals surface area contributed by atoms with Crippen LogP contribution >= 0.6 is 0 Å². The highest BCUT2D eigenvalue weighted by molar-refractivity contribution is 6.20. The molecule has 0 unspecified atom stereocenters. The van der Waals surface area contributed by atoms with Crippen molar-refractivity contribution in [2.75, 3.05) is 0 Å². The van der Waals surface area contributed by atoms with E-state index in [1.807, 2.05) is 0 Å². The maximum atomic E-state index is 5.28. The molecule has 3 heterocycles. The van der Waals surface area contributed by atoms with Gasteiger partial charge in [0, 0.05) is 10.8 Å². The zero-order chi connectivity index (χ0) is 28.5. The van der Waals surface area contributed by atoms with Crippen LogP contribution in [0, 0.1) is 0 Å². The summed E-state index contributed by atoms with van der Waals surface area (Å²) in [5, 5.41) is 12.6. The lowest BCUT2D eigenvalue weighted by molar-refractivity contribution is 1.22. The fraction of sp³-hybridized carbons (Fsp3) is 0. The van der Waals surface area contributed by atoms with Gasteiger partial charge in [-0.1, -0.05) is 97.1 Å². The van der Waals surface area contributed by atoms with Crippen LogP contribution in [0.25, 0.3) is 98.4 Å². The van der Waals surface area contributed by atoms with Crippen molar-refractivity contribution in [3.63, 3.8) is 0 Å². The van der Waals surface area contributed by atoms with Crippen LogP contribution in [0.4, 0.5) is 0 Å². The van der Waals surface area contributed by atoms with Gasteiger partial charge in [-0.05, 0) is 96.7 Å². The summed E-state index contributed by atoms with van der Waals surface area (Å²) in [6.07, 6.45) is 0. The first-order chi connectivity index (χ1) is 21.8. The summed E-state index contributed by atoms with van der Waals surface area (Å²) < 4.78 is 4.75. The van der Waals surface area contributed by atoms with Crippen LogP contribution in [0.1, 0.15) is 0 Å². The lowest BCUT2D eigenvalue weighted by Crippen LogP contribution is -1.86. The SMILES string of the molecule is c1ccc2cc3c(cc2c1)nc1n3c2cc(-c3ccc4c(ccc5ccccc54)c3)cc3c4cc5ccccc5cc4n1c32.